The number of benzene rings is 2. The first-order valence-electron chi connectivity index (χ1n) is 10.0. The summed E-state index contributed by atoms with van der Waals surface area (Å²) in [7, 11) is 1.58. The summed E-state index contributed by atoms with van der Waals surface area (Å²) in [5.41, 5.74) is 4.29. The summed E-state index contributed by atoms with van der Waals surface area (Å²) in [6, 6.07) is 8.84. The van der Waals surface area contributed by atoms with Gasteiger partial charge in [-0.2, -0.15) is 0 Å². The Balaban J connectivity index is 1.70. The molecule has 2 aliphatic heterocycles. The van der Waals surface area contributed by atoms with Crippen LogP contribution in [0.1, 0.15) is 30.4 Å². The number of thioether (sulfide) groups is 1. The van der Waals surface area contributed by atoms with E-state index in [0.29, 0.717) is 12.3 Å². The number of piperidine rings is 1. The molecule has 0 radical (unpaired) electrons. The number of phenolic OH excluding ortho intramolecular Hbond substituents is 1. The fraction of sp³-hybridized carbons (Fsp3) is 0.348. The smallest absolute Gasteiger partial charge is 0.164 e. The van der Waals surface area contributed by atoms with Crippen LogP contribution >= 0.6 is 11.8 Å². The van der Waals surface area contributed by atoms with E-state index in [4.69, 9.17) is 9.72 Å². The molecule has 150 valence electrons. The van der Waals surface area contributed by atoms with Crippen LogP contribution in [-0.4, -0.2) is 35.2 Å². The molecule has 0 aliphatic carbocycles. The maximum absolute atomic E-state index is 14.0. The van der Waals surface area contributed by atoms with Gasteiger partial charge in [-0.3, -0.25) is 4.90 Å². The van der Waals surface area contributed by atoms with E-state index in [1.165, 1.54) is 25.3 Å². The van der Waals surface area contributed by atoms with Gasteiger partial charge < -0.3 is 9.84 Å². The van der Waals surface area contributed by atoms with E-state index in [1.54, 1.807) is 24.9 Å². The summed E-state index contributed by atoms with van der Waals surface area (Å²) in [4.78, 5) is 8.38. The maximum atomic E-state index is 14.0. The number of halogens is 1. The van der Waals surface area contributed by atoms with Crippen LogP contribution in [0.4, 0.5) is 4.39 Å². The zero-order chi connectivity index (χ0) is 20.0. The van der Waals surface area contributed by atoms with E-state index in [9.17, 15) is 9.50 Å². The molecular weight excluding hydrogens is 387 g/mol. The summed E-state index contributed by atoms with van der Waals surface area (Å²) >= 11 is 1.70. The van der Waals surface area contributed by atoms with E-state index in [-0.39, 0.29) is 11.6 Å². The molecule has 4 nitrogen and oxygen atoms in total. The van der Waals surface area contributed by atoms with Gasteiger partial charge in [-0.1, -0.05) is 6.42 Å². The van der Waals surface area contributed by atoms with Gasteiger partial charge in [-0.25, -0.2) is 9.37 Å². The molecular formula is C23H23FN2O2S. The second-order valence-corrected chi connectivity index (χ2v) is 8.76. The standard InChI is InChI=1S/C23H23FN2O2S/c1-28-19-10-14-9-15-13-29-20-6-5-16(24)11-17(20)22(15)25-21(14)18(23(19)27)12-26-7-3-2-4-8-26/h5-6,9-11,27H,2-4,7-8,12-13H2,1H3. The van der Waals surface area contributed by atoms with Crippen LogP contribution in [0.3, 0.4) is 0 Å². The number of hydrogen-bond donors (Lipinski definition) is 1. The summed E-state index contributed by atoms with van der Waals surface area (Å²) < 4.78 is 19.4. The minimum absolute atomic E-state index is 0.155. The summed E-state index contributed by atoms with van der Waals surface area (Å²) in [6.07, 6.45) is 3.61. The molecule has 0 atom stereocenters. The molecule has 6 heteroatoms. The van der Waals surface area contributed by atoms with E-state index >= 15 is 0 Å². The molecule has 1 N–H and O–H groups in total. The topological polar surface area (TPSA) is 45.6 Å². The number of hydrogen-bond acceptors (Lipinski definition) is 5. The Hall–Kier alpha value is -2.31. The van der Waals surface area contributed by atoms with Crippen molar-refractivity contribution in [1.82, 2.24) is 9.88 Å². The lowest BCUT2D eigenvalue weighted by Gasteiger charge is -2.27. The molecule has 3 aromatic rings. The Morgan fingerprint density at radius 1 is 1.17 bits per heavy atom. The zero-order valence-corrected chi connectivity index (χ0v) is 17.2. The van der Waals surface area contributed by atoms with Crippen LogP contribution in [0, 0.1) is 5.82 Å². The number of phenols is 1. The highest BCUT2D eigenvalue weighted by Crippen LogP contribution is 2.44. The van der Waals surface area contributed by atoms with Gasteiger partial charge in [0.15, 0.2) is 11.5 Å². The molecule has 2 aliphatic rings. The highest BCUT2D eigenvalue weighted by Gasteiger charge is 2.24. The number of pyridine rings is 1. The molecule has 1 aromatic heterocycles. The molecule has 0 bridgehead atoms. The van der Waals surface area contributed by atoms with Crippen molar-refractivity contribution in [1.29, 1.82) is 0 Å². The fourth-order valence-electron chi connectivity index (χ4n) is 4.35. The molecule has 1 saturated heterocycles. The van der Waals surface area contributed by atoms with Crippen molar-refractivity contribution in [3.8, 4) is 22.8 Å². The van der Waals surface area contributed by atoms with Crippen molar-refractivity contribution in [3.05, 3.63) is 47.3 Å². The lowest BCUT2D eigenvalue weighted by Crippen LogP contribution is -2.29. The first-order valence-corrected chi connectivity index (χ1v) is 11.0. The highest BCUT2D eigenvalue weighted by molar-refractivity contribution is 7.98. The van der Waals surface area contributed by atoms with Crippen molar-refractivity contribution >= 4 is 22.7 Å². The van der Waals surface area contributed by atoms with Gasteiger partial charge in [0.05, 0.1) is 18.3 Å². The third kappa shape index (κ3) is 3.34. The van der Waals surface area contributed by atoms with Crippen molar-refractivity contribution in [2.24, 2.45) is 0 Å². The first-order chi connectivity index (χ1) is 14.1. The Labute approximate surface area is 173 Å². The quantitative estimate of drug-likeness (QED) is 0.631. The highest BCUT2D eigenvalue weighted by atomic mass is 32.2. The van der Waals surface area contributed by atoms with Crippen molar-refractivity contribution < 1.29 is 14.2 Å². The number of rotatable bonds is 3. The van der Waals surface area contributed by atoms with Gasteiger partial charge in [0.1, 0.15) is 5.82 Å². The van der Waals surface area contributed by atoms with E-state index < -0.39 is 0 Å². The van der Waals surface area contributed by atoms with Crippen molar-refractivity contribution in [3.63, 3.8) is 0 Å². The van der Waals surface area contributed by atoms with E-state index in [1.807, 2.05) is 12.1 Å². The van der Waals surface area contributed by atoms with Gasteiger partial charge in [0, 0.05) is 33.7 Å². The largest absolute Gasteiger partial charge is 0.504 e. The monoisotopic (exact) mass is 410 g/mol. The predicted octanol–water partition coefficient (Wildman–Crippen LogP) is 5.35. The van der Waals surface area contributed by atoms with Crippen LogP contribution in [0.25, 0.3) is 22.2 Å². The normalized spacial score (nSPS) is 16.5. The van der Waals surface area contributed by atoms with Crippen LogP contribution in [0.5, 0.6) is 11.5 Å². The van der Waals surface area contributed by atoms with Crippen LogP contribution < -0.4 is 4.74 Å². The third-order valence-corrected chi connectivity index (χ3v) is 6.98. The molecule has 0 unspecified atom stereocenters. The predicted molar refractivity (Wildman–Crippen MR) is 114 cm³/mol. The van der Waals surface area contributed by atoms with Gasteiger partial charge >= 0.3 is 0 Å². The van der Waals surface area contributed by atoms with Gasteiger partial charge in [0.2, 0.25) is 0 Å². The molecule has 2 aromatic carbocycles. The molecule has 3 heterocycles. The summed E-state index contributed by atoms with van der Waals surface area (Å²) in [5.74, 6) is 1.16. The van der Waals surface area contributed by atoms with Gasteiger partial charge in [0.25, 0.3) is 0 Å². The Kier molecular flexibility index (Phi) is 4.84. The zero-order valence-electron chi connectivity index (χ0n) is 16.4. The van der Waals surface area contributed by atoms with Gasteiger partial charge in [-0.15, -0.1) is 11.8 Å². The number of aromatic nitrogens is 1. The Morgan fingerprint density at radius 3 is 2.79 bits per heavy atom. The Bertz CT molecular complexity index is 1100. The van der Waals surface area contributed by atoms with E-state index in [2.05, 4.69) is 11.0 Å². The van der Waals surface area contributed by atoms with Crippen molar-refractivity contribution in [2.45, 2.75) is 36.5 Å². The average Bonchev–Trinajstić information content (AvgIpc) is 2.75. The molecule has 0 amide bonds. The van der Waals surface area contributed by atoms with Crippen LogP contribution in [-0.2, 0) is 12.3 Å². The number of ether oxygens (including phenoxy) is 1. The van der Waals surface area contributed by atoms with Crippen molar-refractivity contribution in [2.75, 3.05) is 20.2 Å². The lowest BCUT2D eigenvalue weighted by molar-refractivity contribution is 0.218. The maximum Gasteiger partial charge on any atom is 0.164 e. The third-order valence-electron chi connectivity index (χ3n) is 5.85. The second kappa shape index (κ2) is 7.50. The molecule has 0 saturated carbocycles. The first kappa shape index (κ1) is 18.7. The summed E-state index contributed by atoms with van der Waals surface area (Å²) in [6.45, 7) is 2.68. The van der Waals surface area contributed by atoms with Crippen LogP contribution in [0.2, 0.25) is 0 Å². The molecule has 5 rings (SSSR count). The fourth-order valence-corrected chi connectivity index (χ4v) is 5.36. The number of methoxy groups -OCH3 is 1. The molecule has 1 fully saturated rings. The number of fused-ring (bicyclic) bond motifs is 4. The molecule has 0 spiro atoms. The van der Waals surface area contributed by atoms with Gasteiger partial charge in [-0.05, 0) is 61.8 Å². The van der Waals surface area contributed by atoms with Crippen LogP contribution in [0.15, 0.2) is 35.2 Å². The number of aromatic hydroxyl groups is 1. The second-order valence-electron chi connectivity index (χ2n) is 7.74. The Morgan fingerprint density at radius 2 is 2.00 bits per heavy atom. The molecule has 29 heavy (non-hydrogen) atoms. The SMILES string of the molecule is COc1cc2cc3c(nc2c(CN2CCCCC2)c1O)-c1cc(F)ccc1SC3. The summed E-state index contributed by atoms with van der Waals surface area (Å²) in [5, 5.41) is 11.9. The number of nitrogens with zero attached hydrogens (tertiary/aromatic N) is 2. The lowest BCUT2D eigenvalue weighted by atomic mass is 10.00. The van der Waals surface area contributed by atoms with E-state index in [0.717, 1.165) is 57.0 Å². The minimum atomic E-state index is -0.259. The average molecular weight is 411 g/mol. The minimum Gasteiger partial charge on any atom is -0.504 e. The number of likely N-dealkylation sites (tertiary alicyclic amines) is 1.